The van der Waals surface area contributed by atoms with Crippen LogP contribution in [0.15, 0.2) is 5.38 Å². The molecule has 4 nitrogen and oxygen atoms in total. The summed E-state index contributed by atoms with van der Waals surface area (Å²) in [7, 11) is 0. The third-order valence-corrected chi connectivity index (χ3v) is 6.87. The molecule has 4 aliphatic rings. The van der Waals surface area contributed by atoms with E-state index < -0.39 is 0 Å². The standard InChI is InChI=1S/C18H29N3OS/c1-2-18-19-15(13-23-18)11-20-9-14-3-4-17(20)12-21(10-14)16-5-7-22-8-6-16/h13-14,16-17H,2-12H2,1H3/t14-,17-/m0/s1. The van der Waals surface area contributed by atoms with Gasteiger partial charge in [0.1, 0.15) is 0 Å². The van der Waals surface area contributed by atoms with Gasteiger partial charge in [-0.05, 0) is 38.0 Å². The lowest BCUT2D eigenvalue weighted by Crippen LogP contribution is -2.45. The van der Waals surface area contributed by atoms with Crippen molar-refractivity contribution in [1.82, 2.24) is 14.8 Å². The fraction of sp³-hybridized carbons (Fsp3) is 0.833. The van der Waals surface area contributed by atoms with Crippen LogP contribution in [0.1, 0.15) is 43.3 Å². The summed E-state index contributed by atoms with van der Waals surface area (Å²) < 4.78 is 5.56. The Hall–Kier alpha value is -0.490. The molecule has 4 aliphatic heterocycles. The van der Waals surface area contributed by atoms with Crippen molar-refractivity contribution in [1.29, 1.82) is 0 Å². The Kier molecular flexibility index (Phi) is 4.99. The van der Waals surface area contributed by atoms with E-state index in [0.717, 1.165) is 44.2 Å². The Bertz CT molecular complexity index is 514. The predicted molar refractivity (Wildman–Crippen MR) is 93.8 cm³/mol. The number of ether oxygens (including phenoxy) is 1. The van der Waals surface area contributed by atoms with Gasteiger partial charge in [-0.1, -0.05) is 6.92 Å². The minimum absolute atomic E-state index is 0.725. The normalized spacial score (nSPS) is 30.7. The predicted octanol–water partition coefficient (Wildman–Crippen LogP) is 2.78. The van der Waals surface area contributed by atoms with Crippen LogP contribution in [-0.2, 0) is 17.7 Å². The second-order valence-electron chi connectivity index (χ2n) is 7.41. The Balaban J connectivity index is 1.42. The van der Waals surface area contributed by atoms with Crippen LogP contribution in [-0.4, -0.2) is 59.7 Å². The quantitative estimate of drug-likeness (QED) is 0.846. The molecule has 0 radical (unpaired) electrons. The smallest absolute Gasteiger partial charge is 0.0926 e. The third kappa shape index (κ3) is 3.63. The molecule has 128 valence electrons. The first-order valence-corrected chi connectivity index (χ1v) is 10.2. The van der Waals surface area contributed by atoms with Gasteiger partial charge in [-0.25, -0.2) is 4.98 Å². The first-order valence-electron chi connectivity index (χ1n) is 9.31. The van der Waals surface area contributed by atoms with Gasteiger partial charge >= 0.3 is 0 Å². The average Bonchev–Trinajstić information content (AvgIpc) is 2.85. The number of fused-ring (bicyclic) bond motifs is 4. The first kappa shape index (κ1) is 16.0. The molecule has 0 aromatic carbocycles. The second kappa shape index (κ2) is 7.18. The maximum Gasteiger partial charge on any atom is 0.0926 e. The van der Waals surface area contributed by atoms with Crippen LogP contribution in [0, 0.1) is 5.92 Å². The van der Waals surface area contributed by atoms with Crippen LogP contribution in [0.2, 0.25) is 0 Å². The highest BCUT2D eigenvalue weighted by Gasteiger charge is 2.37. The van der Waals surface area contributed by atoms with Crippen molar-refractivity contribution < 1.29 is 4.74 Å². The molecule has 5 rings (SSSR count). The number of nitrogens with zero attached hydrogens (tertiary/aromatic N) is 3. The number of aryl methyl sites for hydroxylation is 1. The average molecular weight is 336 g/mol. The summed E-state index contributed by atoms with van der Waals surface area (Å²) in [4.78, 5) is 10.3. The van der Waals surface area contributed by atoms with Gasteiger partial charge < -0.3 is 4.74 Å². The lowest BCUT2D eigenvalue weighted by atomic mass is 9.95. The molecular formula is C18H29N3OS. The zero-order valence-corrected chi connectivity index (χ0v) is 15.1. The number of rotatable bonds is 4. The van der Waals surface area contributed by atoms with E-state index in [1.54, 1.807) is 0 Å². The molecule has 2 bridgehead atoms. The molecule has 0 spiro atoms. The molecule has 4 saturated heterocycles. The van der Waals surface area contributed by atoms with Crippen molar-refractivity contribution in [3.8, 4) is 0 Å². The third-order valence-electron chi connectivity index (χ3n) is 5.83. The molecule has 4 fully saturated rings. The number of hydrogen-bond donors (Lipinski definition) is 0. The highest BCUT2D eigenvalue weighted by molar-refractivity contribution is 7.09. The summed E-state index contributed by atoms with van der Waals surface area (Å²) in [5.74, 6) is 0.848. The van der Waals surface area contributed by atoms with Crippen molar-refractivity contribution in [2.45, 2.75) is 57.7 Å². The maximum atomic E-state index is 5.56. The van der Waals surface area contributed by atoms with Gasteiger partial charge in [-0.15, -0.1) is 11.3 Å². The van der Waals surface area contributed by atoms with Crippen molar-refractivity contribution in [2.24, 2.45) is 5.92 Å². The Labute approximate surface area is 143 Å². The molecule has 1 aromatic heterocycles. The van der Waals surface area contributed by atoms with Crippen LogP contribution in [0.4, 0.5) is 0 Å². The molecule has 0 aliphatic carbocycles. The van der Waals surface area contributed by atoms with E-state index in [-0.39, 0.29) is 0 Å². The number of piperidine rings is 1. The van der Waals surface area contributed by atoms with Crippen LogP contribution >= 0.6 is 11.3 Å². The van der Waals surface area contributed by atoms with E-state index in [0.29, 0.717) is 0 Å². The van der Waals surface area contributed by atoms with E-state index in [1.807, 2.05) is 11.3 Å². The fourth-order valence-corrected chi connectivity index (χ4v) is 5.29. The van der Waals surface area contributed by atoms with Crippen molar-refractivity contribution in [3.05, 3.63) is 16.1 Å². The van der Waals surface area contributed by atoms with Gasteiger partial charge in [-0.3, -0.25) is 9.80 Å². The van der Waals surface area contributed by atoms with E-state index >= 15 is 0 Å². The Morgan fingerprint density at radius 2 is 2.00 bits per heavy atom. The van der Waals surface area contributed by atoms with Crippen molar-refractivity contribution in [3.63, 3.8) is 0 Å². The largest absolute Gasteiger partial charge is 0.381 e. The minimum atomic E-state index is 0.725. The fourth-order valence-electron chi connectivity index (χ4n) is 4.55. The Morgan fingerprint density at radius 3 is 2.78 bits per heavy atom. The van der Waals surface area contributed by atoms with Gasteiger partial charge in [0, 0.05) is 56.9 Å². The Morgan fingerprint density at radius 1 is 1.13 bits per heavy atom. The summed E-state index contributed by atoms with van der Waals surface area (Å²) in [5.41, 5.74) is 1.29. The zero-order chi connectivity index (χ0) is 15.6. The van der Waals surface area contributed by atoms with E-state index in [4.69, 9.17) is 9.72 Å². The van der Waals surface area contributed by atoms with Crippen LogP contribution < -0.4 is 0 Å². The SMILES string of the molecule is CCc1nc(CN2C[C@@H]3CC[C@H]2CN(C2CCOCC2)C3)cs1. The molecule has 0 N–H and O–H groups in total. The highest BCUT2D eigenvalue weighted by Crippen LogP contribution is 2.31. The second-order valence-corrected chi connectivity index (χ2v) is 8.35. The van der Waals surface area contributed by atoms with Gasteiger partial charge in [-0.2, -0.15) is 0 Å². The van der Waals surface area contributed by atoms with Gasteiger partial charge in [0.2, 0.25) is 0 Å². The molecule has 2 atom stereocenters. The summed E-state index contributed by atoms with van der Waals surface area (Å²) in [6, 6.07) is 1.49. The highest BCUT2D eigenvalue weighted by atomic mass is 32.1. The van der Waals surface area contributed by atoms with Crippen LogP contribution in [0.5, 0.6) is 0 Å². The zero-order valence-electron chi connectivity index (χ0n) is 14.2. The number of aromatic nitrogens is 1. The van der Waals surface area contributed by atoms with Gasteiger partial charge in [0.25, 0.3) is 0 Å². The van der Waals surface area contributed by atoms with E-state index in [2.05, 4.69) is 22.1 Å². The lowest BCUT2D eigenvalue weighted by molar-refractivity contribution is 0.0307. The van der Waals surface area contributed by atoms with Gasteiger partial charge in [0.05, 0.1) is 10.7 Å². The summed E-state index contributed by atoms with van der Waals surface area (Å²) in [6.07, 6.45) is 6.30. The molecular weight excluding hydrogens is 306 g/mol. The van der Waals surface area contributed by atoms with E-state index in [9.17, 15) is 0 Å². The number of thiazole rings is 1. The summed E-state index contributed by atoms with van der Waals surface area (Å²) in [6.45, 7) is 8.99. The molecule has 5 heterocycles. The minimum Gasteiger partial charge on any atom is -0.381 e. The molecule has 0 saturated carbocycles. The maximum absolute atomic E-state index is 5.56. The molecule has 0 amide bonds. The monoisotopic (exact) mass is 335 g/mol. The van der Waals surface area contributed by atoms with Crippen LogP contribution in [0.25, 0.3) is 0 Å². The van der Waals surface area contributed by atoms with Crippen LogP contribution in [0.3, 0.4) is 0 Å². The molecule has 5 heteroatoms. The molecule has 1 aromatic rings. The van der Waals surface area contributed by atoms with Crippen molar-refractivity contribution >= 4 is 11.3 Å². The number of hydrogen-bond acceptors (Lipinski definition) is 5. The summed E-state index contributed by atoms with van der Waals surface area (Å²) >= 11 is 1.82. The first-order chi connectivity index (χ1) is 11.3. The van der Waals surface area contributed by atoms with Gasteiger partial charge in [0.15, 0.2) is 0 Å². The van der Waals surface area contributed by atoms with Crippen molar-refractivity contribution in [2.75, 3.05) is 32.8 Å². The van der Waals surface area contributed by atoms with E-state index in [1.165, 1.54) is 56.0 Å². The molecule has 0 unspecified atom stereocenters. The lowest BCUT2D eigenvalue weighted by Gasteiger charge is -2.36. The topological polar surface area (TPSA) is 28.6 Å². The molecule has 23 heavy (non-hydrogen) atoms. The summed E-state index contributed by atoms with van der Waals surface area (Å²) in [5, 5.41) is 3.55.